The van der Waals surface area contributed by atoms with Gasteiger partial charge in [-0.3, -0.25) is 23.2 Å². The summed E-state index contributed by atoms with van der Waals surface area (Å²) in [5, 5.41) is 24.6. The number of aromatic hydroxyl groups is 2. The lowest BCUT2D eigenvalue weighted by Crippen LogP contribution is -2.60. The summed E-state index contributed by atoms with van der Waals surface area (Å²) in [4.78, 5) is 56.4. The molecule has 4 rings (SSSR count). The van der Waals surface area contributed by atoms with Crippen molar-refractivity contribution < 1.29 is 77.9 Å². The van der Waals surface area contributed by atoms with Crippen molar-refractivity contribution in [1.82, 2.24) is 20.7 Å². The Hall–Kier alpha value is -5.27. The van der Waals surface area contributed by atoms with E-state index in [0.717, 1.165) is 34.4 Å². The lowest BCUT2D eigenvalue weighted by atomic mass is 9.98. The highest BCUT2D eigenvalue weighted by Crippen LogP contribution is 2.44. The number of rotatable bonds is 15. The van der Waals surface area contributed by atoms with Gasteiger partial charge >= 0.3 is 12.1 Å². The first-order valence-electron chi connectivity index (χ1n) is 14.5. The molecule has 0 radical (unpaired) electrons. The molecule has 0 aliphatic heterocycles. The molecule has 2 aromatic carbocycles. The molecule has 1 aliphatic rings. The summed E-state index contributed by atoms with van der Waals surface area (Å²) < 4.78 is 104. The SMILES string of the molecule is O=C(NC(CS(=O)(=O)O)C(=O)NC(CS(=O)(=O)O)C(=O)NC(CS(=O)(=O)O)C(=O)On1c(O)ccc1O)OCC1c2ccccc2-c2ccccc21. The van der Waals surface area contributed by atoms with E-state index in [0.29, 0.717) is 0 Å². The number of carbonyl (C=O) groups excluding carboxylic acids is 4. The van der Waals surface area contributed by atoms with Crippen LogP contribution in [0.4, 0.5) is 4.79 Å². The van der Waals surface area contributed by atoms with Crippen molar-refractivity contribution in [3.05, 3.63) is 71.8 Å². The number of hydrogen-bond acceptors (Lipinski definition) is 14. The third-order valence-electron chi connectivity index (χ3n) is 7.30. The van der Waals surface area contributed by atoms with Crippen LogP contribution < -0.4 is 20.8 Å². The molecule has 0 bridgehead atoms. The zero-order valence-corrected chi connectivity index (χ0v) is 28.7. The van der Waals surface area contributed by atoms with E-state index in [2.05, 4.69) is 4.84 Å². The quantitative estimate of drug-likeness (QED) is 0.0803. The van der Waals surface area contributed by atoms with Gasteiger partial charge in [-0.25, -0.2) is 9.59 Å². The van der Waals surface area contributed by atoms with Gasteiger partial charge in [0.25, 0.3) is 30.4 Å². The number of nitrogens with zero attached hydrogens (tertiary/aromatic N) is 1. The van der Waals surface area contributed by atoms with Crippen LogP contribution in [0, 0.1) is 0 Å². The number of nitrogens with one attached hydrogen (secondary N) is 3. The molecule has 1 aliphatic carbocycles. The molecule has 0 saturated carbocycles. The van der Waals surface area contributed by atoms with Crippen LogP contribution >= 0.6 is 0 Å². The Morgan fingerprint density at radius 1 is 0.635 bits per heavy atom. The van der Waals surface area contributed by atoms with E-state index in [9.17, 15) is 68.3 Å². The van der Waals surface area contributed by atoms with Crippen LogP contribution in [0.5, 0.6) is 11.8 Å². The Kier molecular flexibility index (Phi) is 11.8. The van der Waals surface area contributed by atoms with Crippen molar-refractivity contribution in [2.75, 3.05) is 23.9 Å². The maximum absolute atomic E-state index is 13.2. The first-order valence-corrected chi connectivity index (χ1v) is 19.3. The van der Waals surface area contributed by atoms with Gasteiger partial charge in [-0.05, 0) is 22.3 Å². The van der Waals surface area contributed by atoms with E-state index in [1.54, 1.807) is 47.0 Å². The molecule has 0 fully saturated rings. The summed E-state index contributed by atoms with van der Waals surface area (Å²) in [5.74, 6) is -12.4. The number of fused-ring (bicyclic) bond motifs is 3. The lowest BCUT2D eigenvalue weighted by molar-refractivity contribution is -0.149. The molecule has 0 saturated heterocycles. The molecule has 282 valence electrons. The molecule has 21 nitrogen and oxygen atoms in total. The molecule has 3 amide bonds. The number of amides is 3. The van der Waals surface area contributed by atoms with Gasteiger partial charge in [-0.1, -0.05) is 48.5 Å². The lowest BCUT2D eigenvalue weighted by Gasteiger charge is -2.24. The maximum atomic E-state index is 13.2. The van der Waals surface area contributed by atoms with Crippen molar-refractivity contribution in [3.8, 4) is 22.9 Å². The highest BCUT2D eigenvalue weighted by atomic mass is 32.2. The molecular formula is C28H30N4O17S3. The van der Waals surface area contributed by atoms with Crippen LogP contribution in [0.3, 0.4) is 0 Å². The Labute approximate surface area is 294 Å². The molecular weight excluding hydrogens is 761 g/mol. The number of benzene rings is 2. The molecule has 3 atom stereocenters. The van der Waals surface area contributed by atoms with E-state index < -0.39 is 107 Å². The summed E-state index contributed by atoms with van der Waals surface area (Å²) in [6.07, 6.45) is -1.39. The smallest absolute Gasteiger partial charge is 0.407 e. The van der Waals surface area contributed by atoms with Crippen molar-refractivity contribution in [2.24, 2.45) is 0 Å². The summed E-state index contributed by atoms with van der Waals surface area (Å²) in [7, 11) is -15.5. The van der Waals surface area contributed by atoms with E-state index in [4.69, 9.17) is 4.74 Å². The fourth-order valence-corrected chi connectivity index (χ4v) is 7.09. The average Bonchev–Trinajstić information content (AvgIpc) is 3.52. The minimum Gasteiger partial charge on any atom is -0.492 e. The minimum atomic E-state index is -5.22. The van der Waals surface area contributed by atoms with Crippen LogP contribution in [-0.2, 0) is 49.5 Å². The standard InChI is InChI=1S/C28H30N4O17S3/c33-23-9-10-24(34)32(23)49-27(37)22(14-52(45,46)47)30-25(35)20(12-50(39,40)41)29-26(36)21(13-51(42,43)44)31-28(38)48-11-19-17-7-3-1-5-15(17)16-6-2-4-8-18(16)19/h1-10,19-22,33-34H,11-14H2,(H,29,36)(H,30,35)(H,31,38)(H,39,40,41)(H,42,43,44)(H,45,46,47). The zero-order chi connectivity index (χ0) is 38.6. The fourth-order valence-electron chi connectivity index (χ4n) is 5.14. The molecule has 3 unspecified atom stereocenters. The van der Waals surface area contributed by atoms with Crippen LogP contribution in [0.2, 0.25) is 0 Å². The second-order valence-electron chi connectivity index (χ2n) is 11.1. The van der Waals surface area contributed by atoms with Gasteiger partial charge < -0.3 is 35.7 Å². The number of alkyl carbamates (subject to hydrolysis) is 1. The van der Waals surface area contributed by atoms with Gasteiger partial charge in [-0.2, -0.15) is 25.3 Å². The number of ether oxygens (including phenoxy) is 1. The predicted molar refractivity (Wildman–Crippen MR) is 174 cm³/mol. The van der Waals surface area contributed by atoms with Gasteiger partial charge in [-0.15, -0.1) is 4.73 Å². The van der Waals surface area contributed by atoms with E-state index in [1.807, 2.05) is 17.4 Å². The third kappa shape index (κ3) is 10.6. The van der Waals surface area contributed by atoms with Crippen molar-refractivity contribution in [1.29, 1.82) is 0 Å². The van der Waals surface area contributed by atoms with Crippen LogP contribution in [0.1, 0.15) is 17.0 Å². The highest BCUT2D eigenvalue weighted by molar-refractivity contribution is 7.86. The minimum absolute atomic E-state index is 0.0673. The van der Waals surface area contributed by atoms with Gasteiger partial charge in [0.05, 0.1) is 0 Å². The number of aromatic nitrogens is 1. The number of hydrogen-bond donors (Lipinski definition) is 8. The van der Waals surface area contributed by atoms with Gasteiger partial charge in [0.15, 0.2) is 0 Å². The van der Waals surface area contributed by atoms with Crippen LogP contribution in [0.15, 0.2) is 60.7 Å². The fraction of sp³-hybridized carbons (Fsp3) is 0.286. The molecule has 8 N–H and O–H groups in total. The van der Waals surface area contributed by atoms with Gasteiger partial charge in [0, 0.05) is 18.1 Å². The maximum Gasteiger partial charge on any atom is 0.407 e. The Morgan fingerprint density at radius 3 is 1.50 bits per heavy atom. The van der Waals surface area contributed by atoms with Crippen LogP contribution in [0.25, 0.3) is 11.1 Å². The molecule has 52 heavy (non-hydrogen) atoms. The summed E-state index contributed by atoms with van der Waals surface area (Å²) in [6, 6.07) is 8.87. The molecule has 0 spiro atoms. The van der Waals surface area contributed by atoms with E-state index in [-0.39, 0.29) is 11.3 Å². The van der Waals surface area contributed by atoms with Crippen molar-refractivity contribution in [2.45, 2.75) is 24.0 Å². The zero-order valence-electron chi connectivity index (χ0n) is 26.2. The Bertz CT molecular complexity index is 2140. The molecule has 1 heterocycles. The number of carbonyl (C=O) groups is 4. The molecule has 1 aromatic heterocycles. The Morgan fingerprint density at radius 2 is 1.04 bits per heavy atom. The monoisotopic (exact) mass is 790 g/mol. The highest BCUT2D eigenvalue weighted by Gasteiger charge is 2.37. The second-order valence-corrected chi connectivity index (χ2v) is 15.6. The topological polar surface area (TPSA) is 331 Å². The Balaban J connectivity index is 1.51. The van der Waals surface area contributed by atoms with Crippen molar-refractivity contribution >= 4 is 54.2 Å². The first kappa shape index (κ1) is 39.5. The van der Waals surface area contributed by atoms with Crippen LogP contribution in [-0.4, -0.2) is 120 Å². The average molecular weight is 791 g/mol. The predicted octanol–water partition coefficient (Wildman–Crippen LogP) is -1.61. The normalized spacial score (nSPS) is 14.6. The van der Waals surface area contributed by atoms with E-state index in [1.165, 1.54) is 0 Å². The third-order valence-corrected chi connectivity index (χ3v) is 9.56. The summed E-state index contributed by atoms with van der Waals surface area (Å²) in [6.45, 7) is -0.322. The van der Waals surface area contributed by atoms with Gasteiger partial charge in [0.1, 0.15) is 42.0 Å². The largest absolute Gasteiger partial charge is 0.492 e. The summed E-state index contributed by atoms with van der Waals surface area (Å²) in [5.41, 5.74) is 3.32. The summed E-state index contributed by atoms with van der Waals surface area (Å²) >= 11 is 0. The van der Waals surface area contributed by atoms with E-state index >= 15 is 0 Å². The first-order chi connectivity index (χ1) is 24.1. The molecule has 3 aromatic rings. The van der Waals surface area contributed by atoms with Crippen molar-refractivity contribution in [3.63, 3.8) is 0 Å². The molecule has 24 heteroatoms. The second kappa shape index (κ2) is 15.5. The van der Waals surface area contributed by atoms with Gasteiger partial charge in [0.2, 0.25) is 23.6 Å².